The SMILES string of the molecule is CC(=O)Nc1ccc(NC(=O)C(O)c2cccc(F)c2)cc1. The van der Waals surface area contributed by atoms with Gasteiger partial charge in [0.1, 0.15) is 5.82 Å². The predicted molar refractivity (Wildman–Crippen MR) is 80.7 cm³/mol. The van der Waals surface area contributed by atoms with Crippen LogP contribution in [-0.2, 0) is 9.59 Å². The van der Waals surface area contributed by atoms with Crippen LogP contribution in [0.1, 0.15) is 18.6 Å². The number of halogens is 1. The fourth-order valence-electron chi connectivity index (χ4n) is 1.88. The molecular weight excluding hydrogens is 287 g/mol. The Bertz CT molecular complexity index is 686. The van der Waals surface area contributed by atoms with Gasteiger partial charge in [0, 0.05) is 18.3 Å². The van der Waals surface area contributed by atoms with E-state index >= 15 is 0 Å². The zero-order valence-corrected chi connectivity index (χ0v) is 11.8. The summed E-state index contributed by atoms with van der Waals surface area (Å²) < 4.78 is 13.1. The van der Waals surface area contributed by atoms with E-state index in [0.29, 0.717) is 11.4 Å². The molecule has 0 bridgehead atoms. The molecule has 5 nitrogen and oxygen atoms in total. The predicted octanol–water partition coefficient (Wildman–Crippen LogP) is 2.46. The summed E-state index contributed by atoms with van der Waals surface area (Å²) in [7, 11) is 0. The molecule has 2 aromatic rings. The molecule has 2 amide bonds. The summed E-state index contributed by atoms with van der Waals surface area (Å²) in [5, 5.41) is 15.0. The Morgan fingerprint density at radius 2 is 1.64 bits per heavy atom. The van der Waals surface area contributed by atoms with E-state index in [0.717, 1.165) is 6.07 Å². The molecule has 1 unspecified atom stereocenters. The number of aliphatic hydroxyl groups is 1. The summed E-state index contributed by atoms with van der Waals surface area (Å²) in [5.74, 6) is -1.39. The van der Waals surface area contributed by atoms with Gasteiger partial charge in [0.15, 0.2) is 6.10 Å². The number of carbonyl (C=O) groups excluding carboxylic acids is 2. The average molecular weight is 302 g/mol. The van der Waals surface area contributed by atoms with Crippen molar-refractivity contribution in [2.75, 3.05) is 10.6 Å². The maximum absolute atomic E-state index is 13.1. The maximum Gasteiger partial charge on any atom is 0.257 e. The highest BCUT2D eigenvalue weighted by atomic mass is 19.1. The fraction of sp³-hybridized carbons (Fsp3) is 0.125. The third-order valence-electron chi connectivity index (χ3n) is 2.89. The van der Waals surface area contributed by atoms with Crippen molar-refractivity contribution in [3.63, 3.8) is 0 Å². The van der Waals surface area contributed by atoms with Gasteiger partial charge >= 0.3 is 0 Å². The van der Waals surface area contributed by atoms with E-state index in [1.807, 2.05) is 0 Å². The van der Waals surface area contributed by atoms with Crippen molar-refractivity contribution in [3.8, 4) is 0 Å². The molecule has 3 N–H and O–H groups in total. The molecule has 0 heterocycles. The third kappa shape index (κ3) is 4.13. The van der Waals surface area contributed by atoms with Gasteiger partial charge in [-0.05, 0) is 42.0 Å². The minimum atomic E-state index is -1.47. The second kappa shape index (κ2) is 6.82. The summed E-state index contributed by atoms with van der Waals surface area (Å²) >= 11 is 0. The standard InChI is InChI=1S/C16H15FN2O3/c1-10(20)18-13-5-7-14(8-6-13)19-16(22)15(21)11-3-2-4-12(17)9-11/h2-9,15,21H,1H3,(H,18,20)(H,19,22). The van der Waals surface area contributed by atoms with Crippen LogP contribution in [0.25, 0.3) is 0 Å². The van der Waals surface area contributed by atoms with Gasteiger partial charge in [-0.25, -0.2) is 4.39 Å². The van der Waals surface area contributed by atoms with E-state index in [2.05, 4.69) is 10.6 Å². The molecule has 22 heavy (non-hydrogen) atoms. The van der Waals surface area contributed by atoms with Crippen LogP contribution in [0.5, 0.6) is 0 Å². The lowest BCUT2D eigenvalue weighted by Crippen LogP contribution is -2.20. The molecule has 0 radical (unpaired) electrons. The normalized spacial score (nSPS) is 11.6. The molecule has 0 aliphatic carbocycles. The summed E-state index contributed by atoms with van der Waals surface area (Å²) in [6, 6.07) is 11.6. The summed E-state index contributed by atoms with van der Waals surface area (Å²) in [6.45, 7) is 1.39. The van der Waals surface area contributed by atoms with Crippen LogP contribution < -0.4 is 10.6 Å². The van der Waals surface area contributed by atoms with Gasteiger partial charge in [-0.2, -0.15) is 0 Å². The molecule has 0 saturated heterocycles. The number of anilines is 2. The highest BCUT2D eigenvalue weighted by molar-refractivity contribution is 5.95. The third-order valence-corrected chi connectivity index (χ3v) is 2.89. The molecule has 2 rings (SSSR count). The van der Waals surface area contributed by atoms with E-state index in [1.165, 1.54) is 25.1 Å². The molecule has 2 aromatic carbocycles. The molecule has 0 aliphatic heterocycles. The maximum atomic E-state index is 13.1. The van der Waals surface area contributed by atoms with Crippen molar-refractivity contribution in [3.05, 3.63) is 59.9 Å². The van der Waals surface area contributed by atoms with Crippen LogP contribution in [-0.4, -0.2) is 16.9 Å². The first-order valence-corrected chi connectivity index (χ1v) is 6.58. The smallest absolute Gasteiger partial charge is 0.257 e. The zero-order valence-electron chi connectivity index (χ0n) is 11.8. The van der Waals surface area contributed by atoms with Crippen molar-refractivity contribution in [2.45, 2.75) is 13.0 Å². The zero-order chi connectivity index (χ0) is 16.1. The lowest BCUT2D eigenvalue weighted by Gasteiger charge is -2.12. The Morgan fingerprint density at radius 3 is 2.18 bits per heavy atom. The van der Waals surface area contributed by atoms with Crippen LogP contribution in [0.4, 0.5) is 15.8 Å². The number of hydrogen-bond donors (Lipinski definition) is 3. The lowest BCUT2D eigenvalue weighted by molar-refractivity contribution is -0.124. The first kappa shape index (κ1) is 15.7. The monoisotopic (exact) mass is 302 g/mol. The molecule has 0 aromatic heterocycles. The van der Waals surface area contributed by atoms with Crippen LogP contribution in [0.2, 0.25) is 0 Å². The second-order valence-corrected chi connectivity index (χ2v) is 4.71. The Balaban J connectivity index is 2.03. The number of amides is 2. The first-order chi connectivity index (χ1) is 10.5. The van der Waals surface area contributed by atoms with Crippen LogP contribution in [0.15, 0.2) is 48.5 Å². The molecule has 0 saturated carbocycles. The van der Waals surface area contributed by atoms with Gasteiger partial charge in [0.2, 0.25) is 5.91 Å². The number of hydrogen-bond acceptors (Lipinski definition) is 3. The Morgan fingerprint density at radius 1 is 1.05 bits per heavy atom. The average Bonchev–Trinajstić information content (AvgIpc) is 2.48. The topological polar surface area (TPSA) is 78.4 Å². The van der Waals surface area contributed by atoms with E-state index in [9.17, 15) is 19.1 Å². The van der Waals surface area contributed by atoms with E-state index in [1.54, 1.807) is 24.3 Å². The van der Waals surface area contributed by atoms with Crippen molar-refractivity contribution < 1.29 is 19.1 Å². The van der Waals surface area contributed by atoms with Gasteiger partial charge < -0.3 is 15.7 Å². The number of carbonyl (C=O) groups is 2. The van der Waals surface area contributed by atoms with E-state index < -0.39 is 17.8 Å². The van der Waals surface area contributed by atoms with Gasteiger partial charge in [-0.15, -0.1) is 0 Å². The summed E-state index contributed by atoms with van der Waals surface area (Å²) in [5.41, 5.74) is 1.22. The highest BCUT2D eigenvalue weighted by Crippen LogP contribution is 2.18. The molecule has 6 heteroatoms. The van der Waals surface area contributed by atoms with Crippen molar-refractivity contribution in [1.29, 1.82) is 0 Å². The van der Waals surface area contributed by atoms with Crippen molar-refractivity contribution in [1.82, 2.24) is 0 Å². The number of benzene rings is 2. The number of aliphatic hydroxyl groups excluding tert-OH is 1. The highest BCUT2D eigenvalue weighted by Gasteiger charge is 2.17. The minimum Gasteiger partial charge on any atom is -0.378 e. The van der Waals surface area contributed by atoms with Crippen LogP contribution in [0.3, 0.4) is 0 Å². The van der Waals surface area contributed by atoms with Gasteiger partial charge in [-0.1, -0.05) is 12.1 Å². The van der Waals surface area contributed by atoms with E-state index in [-0.39, 0.29) is 11.5 Å². The molecule has 1 atom stereocenters. The van der Waals surface area contributed by atoms with Gasteiger partial charge in [-0.3, -0.25) is 9.59 Å². The molecule has 114 valence electrons. The van der Waals surface area contributed by atoms with Gasteiger partial charge in [0.05, 0.1) is 0 Å². The van der Waals surface area contributed by atoms with Crippen LogP contribution in [0, 0.1) is 5.82 Å². The Kier molecular flexibility index (Phi) is 4.85. The molecular formula is C16H15FN2O3. The van der Waals surface area contributed by atoms with Crippen LogP contribution >= 0.6 is 0 Å². The first-order valence-electron chi connectivity index (χ1n) is 6.58. The second-order valence-electron chi connectivity index (χ2n) is 4.71. The summed E-state index contributed by atoms with van der Waals surface area (Å²) in [4.78, 5) is 22.8. The van der Waals surface area contributed by atoms with E-state index in [4.69, 9.17) is 0 Å². The summed E-state index contributed by atoms with van der Waals surface area (Å²) in [6.07, 6.45) is -1.47. The van der Waals surface area contributed by atoms with Crippen molar-refractivity contribution >= 4 is 23.2 Å². The number of nitrogens with one attached hydrogen (secondary N) is 2. The minimum absolute atomic E-state index is 0.173. The Hall–Kier alpha value is -2.73. The molecule has 0 fully saturated rings. The largest absolute Gasteiger partial charge is 0.378 e. The fourth-order valence-corrected chi connectivity index (χ4v) is 1.88. The lowest BCUT2D eigenvalue weighted by atomic mass is 10.1. The van der Waals surface area contributed by atoms with Gasteiger partial charge in [0.25, 0.3) is 5.91 Å². The molecule has 0 aliphatic rings. The van der Waals surface area contributed by atoms with Crippen molar-refractivity contribution in [2.24, 2.45) is 0 Å². The Labute approximate surface area is 126 Å². The number of rotatable bonds is 4. The quantitative estimate of drug-likeness (QED) is 0.811. The molecule has 0 spiro atoms.